The van der Waals surface area contributed by atoms with E-state index in [1.54, 1.807) is 18.2 Å². The molecule has 0 heterocycles. The van der Waals surface area contributed by atoms with Crippen LogP contribution in [0.5, 0.6) is 0 Å². The Balaban J connectivity index is 2.65. The van der Waals surface area contributed by atoms with Crippen LogP contribution in [0.1, 0.15) is 18.9 Å². The topological polar surface area (TPSA) is 75.6 Å². The van der Waals surface area contributed by atoms with Crippen molar-refractivity contribution in [1.82, 2.24) is 5.32 Å². The molecule has 0 fully saturated rings. The summed E-state index contributed by atoms with van der Waals surface area (Å²) in [5.74, 6) is -1.60. The lowest BCUT2D eigenvalue weighted by atomic mass is 10.1. The zero-order valence-electron chi connectivity index (χ0n) is 11.6. The van der Waals surface area contributed by atoms with Crippen molar-refractivity contribution in [3.63, 3.8) is 0 Å². The molecule has 0 spiro atoms. The van der Waals surface area contributed by atoms with E-state index in [9.17, 15) is 14.7 Å². The largest absolute Gasteiger partial charge is 0.480 e. The van der Waals surface area contributed by atoms with E-state index >= 15 is 0 Å². The molecule has 1 amide bonds. The molecule has 0 bridgehead atoms. The fourth-order valence-corrected chi connectivity index (χ4v) is 2.28. The Morgan fingerprint density at radius 1 is 1.29 bits per heavy atom. The highest BCUT2D eigenvalue weighted by Gasteiger charge is 2.20. The number of carboxylic acid groups (broad SMARTS) is 1. The Morgan fingerprint density at radius 2 is 1.90 bits per heavy atom. The molecule has 2 N–H and O–H groups in total. The van der Waals surface area contributed by atoms with Gasteiger partial charge in [0, 0.05) is 23.1 Å². The minimum atomic E-state index is -1.13. The summed E-state index contributed by atoms with van der Waals surface area (Å²) in [6.45, 7) is 2.21. The Morgan fingerprint density at radius 3 is 2.43 bits per heavy atom. The summed E-state index contributed by atoms with van der Waals surface area (Å²) in [7, 11) is 0. The van der Waals surface area contributed by atoms with E-state index in [1.807, 2.05) is 6.92 Å². The number of rotatable bonds is 8. The number of amides is 1. The summed E-state index contributed by atoms with van der Waals surface area (Å²) in [6, 6.07) is 3.73. The number of ether oxygens (including phenoxy) is 1. The van der Waals surface area contributed by atoms with Gasteiger partial charge in [-0.15, -0.1) is 0 Å². The zero-order chi connectivity index (χ0) is 15.8. The van der Waals surface area contributed by atoms with Gasteiger partial charge in [0.2, 0.25) is 5.91 Å². The summed E-state index contributed by atoms with van der Waals surface area (Å²) in [6.07, 6.45) is 0.881. The predicted molar refractivity (Wildman–Crippen MR) is 80.8 cm³/mol. The van der Waals surface area contributed by atoms with Crippen LogP contribution in [0.15, 0.2) is 18.2 Å². The van der Waals surface area contributed by atoms with Crippen LogP contribution in [0.3, 0.4) is 0 Å². The van der Waals surface area contributed by atoms with Gasteiger partial charge in [0.1, 0.15) is 12.6 Å². The van der Waals surface area contributed by atoms with Gasteiger partial charge in [0.15, 0.2) is 0 Å². The molecular weight excluding hydrogens is 317 g/mol. The van der Waals surface area contributed by atoms with Crippen molar-refractivity contribution in [2.45, 2.75) is 25.8 Å². The van der Waals surface area contributed by atoms with Crippen molar-refractivity contribution >= 4 is 35.1 Å². The van der Waals surface area contributed by atoms with Crippen molar-refractivity contribution in [2.75, 3.05) is 13.2 Å². The summed E-state index contributed by atoms with van der Waals surface area (Å²) >= 11 is 11.7. The molecule has 0 aliphatic heterocycles. The average Bonchev–Trinajstić information content (AvgIpc) is 2.37. The van der Waals surface area contributed by atoms with Crippen LogP contribution < -0.4 is 5.32 Å². The van der Waals surface area contributed by atoms with Gasteiger partial charge in [-0.05, 0) is 30.2 Å². The lowest BCUT2D eigenvalue weighted by Crippen LogP contribution is -2.43. The van der Waals surface area contributed by atoms with E-state index in [4.69, 9.17) is 27.9 Å². The monoisotopic (exact) mass is 333 g/mol. The molecule has 116 valence electrons. The molecule has 1 atom stereocenters. The van der Waals surface area contributed by atoms with Crippen molar-refractivity contribution in [1.29, 1.82) is 0 Å². The molecule has 1 unspecified atom stereocenters. The second kappa shape index (κ2) is 8.87. The summed E-state index contributed by atoms with van der Waals surface area (Å²) < 4.78 is 5.07. The van der Waals surface area contributed by atoms with Crippen molar-refractivity contribution in [3.05, 3.63) is 33.8 Å². The van der Waals surface area contributed by atoms with Crippen LogP contribution in [0, 0.1) is 0 Å². The number of halogens is 2. The second-order valence-electron chi connectivity index (χ2n) is 4.49. The highest BCUT2D eigenvalue weighted by molar-refractivity contribution is 6.34. The number of carbonyl (C=O) groups is 2. The van der Waals surface area contributed by atoms with Crippen LogP contribution in [-0.4, -0.2) is 36.2 Å². The van der Waals surface area contributed by atoms with Crippen molar-refractivity contribution in [3.8, 4) is 0 Å². The van der Waals surface area contributed by atoms with E-state index in [-0.39, 0.29) is 13.0 Å². The van der Waals surface area contributed by atoms with Gasteiger partial charge in [-0.1, -0.05) is 30.1 Å². The van der Waals surface area contributed by atoms with E-state index in [1.165, 1.54) is 0 Å². The first-order chi connectivity index (χ1) is 9.92. The Kier molecular flexibility index (Phi) is 7.50. The van der Waals surface area contributed by atoms with Crippen LogP contribution in [0.2, 0.25) is 10.0 Å². The Hall–Kier alpha value is -1.30. The number of carboxylic acids is 1. The molecule has 0 radical (unpaired) electrons. The molecule has 0 aliphatic carbocycles. The fourth-order valence-electron chi connectivity index (χ4n) is 1.71. The third-order valence-electron chi connectivity index (χ3n) is 2.58. The number of benzene rings is 1. The molecule has 0 saturated carbocycles. The first-order valence-electron chi connectivity index (χ1n) is 6.47. The summed E-state index contributed by atoms with van der Waals surface area (Å²) in [4.78, 5) is 22.8. The van der Waals surface area contributed by atoms with E-state index in [2.05, 4.69) is 5.32 Å². The van der Waals surface area contributed by atoms with Gasteiger partial charge in [-0.25, -0.2) is 4.79 Å². The van der Waals surface area contributed by atoms with Crippen LogP contribution in [0.4, 0.5) is 0 Å². The van der Waals surface area contributed by atoms with Crippen LogP contribution in [-0.2, 0) is 20.7 Å². The smallest absolute Gasteiger partial charge is 0.326 e. The summed E-state index contributed by atoms with van der Waals surface area (Å²) in [5, 5.41) is 12.4. The minimum Gasteiger partial charge on any atom is -0.480 e. The molecule has 21 heavy (non-hydrogen) atoms. The van der Waals surface area contributed by atoms with Crippen LogP contribution >= 0.6 is 23.2 Å². The number of nitrogens with one attached hydrogen (secondary N) is 1. The highest BCUT2D eigenvalue weighted by atomic mass is 35.5. The maximum atomic E-state index is 11.6. The van der Waals surface area contributed by atoms with Crippen molar-refractivity contribution in [2.24, 2.45) is 0 Å². The summed E-state index contributed by atoms with van der Waals surface area (Å²) in [5.41, 5.74) is 0.634. The van der Waals surface area contributed by atoms with Gasteiger partial charge < -0.3 is 15.2 Å². The first kappa shape index (κ1) is 17.8. The molecule has 5 nitrogen and oxygen atoms in total. The zero-order valence-corrected chi connectivity index (χ0v) is 13.1. The molecule has 0 aromatic heterocycles. The van der Waals surface area contributed by atoms with Gasteiger partial charge in [-0.3, -0.25) is 4.79 Å². The third-order valence-corrected chi connectivity index (χ3v) is 3.01. The Labute approximate surface area is 133 Å². The molecule has 1 aromatic rings. The lowest BCUT2D eigenvalue weighted by molar-refractivity contribution is -0.142. The van der Waals surface area contributed by atoms with Gasteiger partial charge >= 0.3 is 5.97 Å². The van der Waals surface area contributed by atoms with E-state index in [0.717, 1.165) is 6.42 Å². The van der Waals surface area contributed by atoms with Gasteiger partial charge in [0.05, 0.1) is 0 Å². The maximum Gasteiger partial charge on any atom is 0.326 e. The second-order valence-corrected chi connectivity index (χ2v) is 5.37. The normalized spacial score (nSPS) is 12.0. The van der Waals surface area contributed by atoms with Crippen LogP contribution in [0.25, 0.3) is 0 Å². The number of aliphatic carboxylic acids is 1. The quantitative estimate of drug-likeness (QED) is 0.717. The van der Waals surface area contributed by atoms with E-state index in [0.29, 0.717) is 22.2 Å². The third kappa shape index (κ3) is 6.80. The maximum absolute atomic E-state index is 11.6. The molecule has 1 aromatic carbocycles. The first-order valence-corrected chi connectivity index (χ1v) is 7.22. The standard InChI is InChI=1S/C14H17Cl2NO4/c1-2-3-21-8-13(18)17-12(14(19)20)6-9-4-10(15)7-11(16)5-9/h4-5,7,12H,2-3,6,8H2,1H3,(H,17,18)(H,19,20). The lowest BCUT2D eigenvalue weighted by Gasteiger charge is -2.15. The van der Waals surface area contributed by atoms with Gasteiger partial charge in [-0.2, -0.15) is 0 Å². The molecular formula is C14H17Cl2NO4. The highest BCUT2D eigenvalue weighted by Crippen LogP contribution is 2.20. The van der Waals surface area contributed by atoms with Gasteiger partial charge in [0.25, 0.3) is 0 Å². The molecule has 0 saturated heterocycles. The average molecular weight is 334 g/mol. The SMILES string of the molecule is CCCOCC(=O)NC(Cc1cc(Cl)cc(Cl)c1)C(=O)O. The minimum absolute atomic E-state index is 0.0924. The number of hydrogen-bond acceptors (Lipinski definition) is 3. The molecule has 1 rings (SSSR count). The molecule has 0 aliphatic rings. The fraction of sp³-hybridized carbons (Fsp3) is 0.429. The Bertz CT molecular complexity index is 487. The number of hydrogen-bond donors (Lipinski definition) is 2. The van der Waals surface area contributed by atoms with E-state index < -0.39 is 17.9 Å². The van der Waals surface area contributed by atoms with Crippen molar-refractivity contribution < 1.29 is 19.4 Å². The molecule has 7 heteroatoms. The predicted octanol–water partition coefficient (Wildman–Crippen LogP) is 2.53. The number of carbonyl (C=O) groups excluding carboxylic acids is 1.